The summed E-state index contributed by atoms with van der Waals surface area (Å²) in [6, 6.07) is 4.98. The predicted octanol–water partition coefficient (Wildman–Crippen LogP) is 0.647. The van der Waals surface area contributed by atoms with Gasteiger partial charge in [0, 0.05) is 12.4 Å². The quantitative estimate of drug-likeness (QED) is 0.439. The fraction of sp³-hybridized carbons (Fsp3) is 0.167. The summed E-state index contributed by atoms with van der Waals surface area (Å²) >= 11 is 0. The average Bonchev–Trinajstić information content (AvgIpc) is 3.27. The number of rotatable bonds is 2. The van der Waals surface area contributed by atoms with E-state index >= 15 is 0 Å². The molecule has 0 saturated heterocycles. The van der Waals surface area contributed by atoms with Crippen LogP contribution in [0.15, 0.2) is 40.2 Å². The number of hydrogen-bond acceptors (Lipinski definition) is 7. The highest BCUT2D eigenvalue weighted by molar-refractivity contribution is 5.91. The van der Waals surface area contributed by atoms with Gasteiger partial charge in [-0.25, -0.2) is 18.9 Å². The predicted molar refractivity (Wildman–Crippen MR) is 104 cm³/mol. The van der Waals surface area contributed by atoms with Crippen molar-refractivity contribution < 1.29 is 0 Å². The van der Waals surface area contributed by atoms with Gasteiger partial charge in [0.15, 0.2) is 0 Å². The molecule has 0 radical (unpaired) electrons. The van der Waals surface area contributed by atoms with Gasteiger partial charge in [-0.2, -0.15) is 4.98 Å². The van der Waals surface area contributed by atoms with Crippen molar-refractivity contribution in [3.8, 4) is 5.95 Å². The van der Waals surface area contributed by atoms with Gasteiger partial charge in [-0.3, -0.25) is 14.7 Å². The Morgan fingerprint density at radius 2 is 1.52 bits per heavy atom. The molecule has 0 amide bonds. The number of nitrogens with zero attached hydrogens (tertiary/aromatic N) is 8. The van der Waals surface area contributed by atoms with Crippen LogP contribution in [0.1, 0.15) is 17.5 Å². The van der Waals surface area contributed by atoms with Crippen LogP contribution in [0.2, 0.25) is 0 Å². The molecule has 1 N–H and O–H groups in total. The Morgan fingerprint density at radius 3 is 2.17 bits per heavy atom. The van der Waals surface area contributed by atoms with Crippen LogP contribution in [-0.4, -0.2) is 44.3 Å². The monoisotopic (exact) mass is 389 g/mol. The summed E-state index contributed by atoms with van der Waals surface area (Å²) < 4.78 is 4.32. The van der Waals surface area contributed by atoms with E-state index in [0.29, 0.717) is 39.3 Å². The van der Waals surface area contributed by atoms with Gasteiger partial charge >= 0.3 is 0 Å². The Bertz CT molecular complexity index is 1520. The molecule has 0 unspecified atom stereocenters. The zero-order chi connectivity index (χ0) is 20.3. The van der Waals surface area contributed by atoms with E-state index in [1.807, 2.05) is 0 Å². The fourth-order valence-electron chi connectivity index (χ4n) is 3.34. The average molecular weight is 389 g/mol. The molecule has 0 aliphatic heterocycles. The van der Waals surface area contributed by atoms with Gasteiger partial charge in [0.2, 0.25) is 0 Å². The van der Waals surface area contributed by atoms with Gasteiger partial charge in [-0.15, -0.1) is 15.3 Å². The van der Waals surface area contributed by atoms with E-state index in [2.05, 4.69) is 30.4 Å². The highest BCUT2D eigenvalue weighted by atomic mass is 16.1. The third-order valence-electron chi connectivity index (χ3n) is 4.69. The molecule has 0 bridgehead atoms. The van der Waals surface area contributed by atoms with E-state index in [1.165, 1.54) is 9.24 Å². The van der Waals surface area contributed by atoms with Crippen LogP contribution in [0.5, 0.6) is 0 Å². The van der Waals surface area contributed by atoms with Crippen LogP contribution in [0.3, 0.4) is 0 Å². The van der Waals surface area contributed by atoms with Crippen LogP contribution in [0.4, 0.5) is 0 Å². The number of hydrogen-bond donors (Lipinski definition) is 1. The molecule has 0 aliphatic carbocycles. The number of aryl methyl sites for hydroxylation is 3. The Hall–Kier alpha value is -4.15. The zero-order valence-corrected chi connectivity index (χ0v) is 15.8. The highest BCUT2D eigenvalue weighted by Gasteiger charge is 2.14. The molecule has 0 atom stereocenters. The first-order valence-electron chi connectivity index (χ1n) is 8.80. The van der Waals surface area contributed by atoms with Crippen molar-refractivity contribution in [2.24, 2.45) is 0 Å². The molecule has 11 heteroatoms. The van der Waals surface area contributed by atoms with Crippen LogP contribution in [0.25, 0.3) is 27.8 Å². The van der Waals surface area contributed by atoms with Gasteiger partial charge in [-0.05, 0) is 39.0 Å². The second-order valence-corrected chi connectivity index (χ2v) is 6.64. The molecule has 5 rings (SSSR count). The molecule has 11 nitrogen and oxygen atoms in total. The summed E-state index contributed by atoms with van der Waals surface area (Å²) in [4.78, 5) is 34.8. The first kappa shape index (κ1) is 17.0. The molecule has 0 saturated carbocycles. The lowest BCUT2D eigenvalue weighted by Crippen LogP contribution is -2.28. The number of nitrogens with one attached hydrogen (secondary N) is 1. The lowest BCUT2D eigenvalue weighted by atomic mass is 10.2. The number of aromatic nitrogens is 9. The molecule has 29 heavy (non-hydrogen) atoms. The van der Waals surface area contributed by atoms with E-state index in [1.54, 1.807) is 56.0 Å². The summed E-state index contributed by atoms with van der Waals surface area (Å²) in [5.41, 5.74) is 0.293. The topological polar surface area (TPSA) is 129 Å². The molecule has 5 aromatic rings. The maximum absolute atomic E-state index is 13.2. The Labute approximate surface area is 162 Å². The minimum Gasteiger partial charge on any atom is -0.268 e. The normalized spacial score (nSPS) is 11.6. The van der Waals surface area contributed by atoms with Crippen molar-refractivity contribution in [3.05, 3.63) is 68.8 Å². The van der Waals surface area contributed by atoms with Crippen molar-refractivity contribution in [1.82, 2.24) is 44.3 Å². The standard InChI is InChI=1S/C18H15N9O2/c1-9-19-18(24-21-9)25-6-4-14-12(16(25)28)8-13-15(20-14)5-7-26(17(13)29)27-10(2)22-23-11(27)3/h4-8H,1-3H3,(H,19,21,24). The molecular weight excluding hydrogens is 374 g/mol. The first-order valence-corrected chi connectivity index (χ1v) is 8.80. The van der Waals surface area contributed by atoms with Crippen LogP contribution < -0.4 is 11.1 Å². The number of aromatic amines is 1. The van der Waals surface area contributed by atoms with E-state index in [9.17, 15) is 9.59 Å². The van der Waals surface area contributed by atoms with E-state index < -0.39 is 0 Å². The lowest BCUT2D eigenvalue weighted by Gasteiger charge is -2.11. The van der Waals surface area contributed by atoms with E-state index in [-0.39, 0.29) is 17.1 Å². The third kappa shape index (κ3) is 2.47. The molecule has 5 heterocycles. The molecule has 0 fully saturated rings. The maximum Gasteiger partial charge on any atom is 0.279 e. The van der Waals surface area contributed by atoms with E-state index in [0.717, 1.165) is 0 Å². The number of pyridine rings is 3. The Kier molecular flexibility index (Phi) is 3.47. The minimum absolute atomic E-state index is 0.232. The van der Waals surface area contributed by atoms with Gasteiger partial charge < -0.3 is 0 Å². The fourth-order valence-corrected chi connectivity index (χ4v) is 3.34. The smallest absolute Gasteiger partial charge is 0.268 e. The van der Waals surface area contributed by atoms with Crippen molar-refractivity contribution in [2.45, 2.75) is 20.8 Å². The second-order valence-electron chi connectivity index (χ2n) is 6.64. The largest absolute Gasteiger partial charge is 0.279 e. The molecule has 5 aromatic heterocycles. The number of fused-ring (bicyclic) bond motifs is 2. The van der Waals surface area contributed by atoms with Crippen LogP contribution >= 0.6 is 0 Å². The molecule has 0 aliphatic rings. The summed E-state index contributed by atoms with van der Waals surface area (Å²) in [5, 5.41) is 15.3. The van der Waals surface area contributed by atoms with E-state index in [4.69, 9.17) is 0 Å². The summed E-state index contributed by atoms with van der Waals surface area (Å²) in [5.74, 6) is 1.96. The SMILES string of the molecule is Cc1nc(-n2ccc3nc4ccn(-n5c(C)nnc5C)c(=O)c4cc3c2=O)n[nH]1. The van der Waals surface area contributed by atoms with Crippen molar-refractivity contribution in [1.29, 1.82) is 0 Å². The van der Waals surface area contributed by atoms with Gasteiger partial charge in [0.05, 0.1) is 21.8 Å². The molecular formula is C18H15N9O2. The van der Waals surface area contributed by atoms with Gasteiger partial charge in [-0.1, -0.05) is 0 Å². The van der Waals surface area contributed by atoms with Gasteiger partial charge in [0.25, 0.3) is 17.1 Å². The highest BCUT2D eigenvalue weighted by Crippen LogP contribution is 2.15. The van der Waals surface area contributed by atoms with Crippen molar-refractivity contribution in [3.63, 3.8) is 0 Å². The Morgan fingerprint density at radius 1 is 0.862 bits per heavy atom. The van der Waals surface area contributed by atoms with Crippen molar-refractivity contribution in [2.75, 3.05) is 0 Å². The third-order valence-corrected chi connectivity index (χ3v) is 4.69. The summed E-state index contributed by atoms with van der Waals surface area (Å²) in [6.45, 7) is 5.26. The molecule has 0 spiro atoms. The zero-order valence-electron chi connectivity index (χ0n) is 15.8. The maximum atomic E-state index is 13.2. The first-order chi connectivity index (χ1) is 13.9. The molecule has 0 aromatic carbocycles. The lowest BCUT2D eigenvalue weighted by molar-refractivity contribution is 0.595. The van der Waals surface area contributed by atoms with Gasteiger partial charge in [0.1, 0.15) is 17.5 Å². The molecule has 144 valence electrons. The summed E-state index contributed by atoms with van der Waals surface area (Å²) in [7, 11) is 0. The Balaban J connectivity index is 1.81. The van der Waals surface area contributed by atoms with Crippen molar-refractivity contribution >= 4 is 21.8 Å². The minimum atomic E-state index is -0.359. The second kappa shape index (κ2) is 5.92. The van der Waals surface area contributed by atoms with Crippen LogP contribution in [0, 0.1) is 20.8 Å². The number of H-pyrrole nitrogens is 1. The van der Waals surface area contributed by atoms with Crippen LogP contribution in [-0.2, 0) is 0 Å². The summed E-state index contributed by atoms with van der Waals surface area (Å²) in [6.07, 6.45) is 3.18.